The molecule has 0 N–H and O–H groups in total. The van der Waals surface area contributed by atoms with Crippen molar-refractivity contribution in [1.29, 1.82) is 0 Å². The third kappa shape index (κ3) is 3.52. The van der Waals surface area contributed by atoms with Gasteiger partial charge in [-0.25, -0.2) is 4.98 Å². The van der Waals surface area contributed by atoms with Crippen LogP contribution in [0.3, 0.4) is 0 Å². The van der Waals surface area contributed by atoms with Gasteiger partial charge in [0.15, 0.2) is 0 Å². The number of hydrogen-bond donors (Lipinski definition) is 0. The fraction of sp³-hybridized carbons (Fsp3) is 0.591. The van der Waals surface area contributed by atoms with Gasteiger partial charge in [-0.3, -0.25) is 14.0 Å². The number of aromatic nitrogens is 2. The van der Waals surface area contributed by atoms with E-state index >= 15 is 0 Å². The molecule has 2 aromatic rings. The predicted molar refractivity (Wildman–Crippen MR) is 108 cm³/mol. The number of amides is 2. The monoisotopic (exact) mass is 382 g/mol. The van der Waals surface area contributed by atoms with Gasteiger partial charge in [0.1, 0.15) is 11.3 Å². The third-order valence-electron chi connectivity index (χ3n) is 6.08. The molecule has 1 atom stereocenters. The fourth-order valence-corrected chi connectivity index (χ4v) is 4.22. The zero-order valence-corrected chi connectivity index (χ0v) is 17.3. The predicted octanol–water partition coefficient (Wildman–Crippen LogP) is 3.06. The Hall–Kier alpha value is -2.37. The first kappa shape index (κ1) is 19.0. The van der Waals surface area contributed by atoms with Crippen LogP contribution < -0.4 is 0 Å². The van der Waals surface area contributed by atoms with Gasteiger partial charge in [-0.05, 0) is 50.2 Å². The number of aryl methyl sites for hydroxylation is 2. The van der Waals surface area contributed by atoms with E-state index in [1.807, 2.05) is 41.5 Å². The lowest BCUT2D eigenvalue weighted by molar-refractivity contribution is -0.133. The van der Waals surface area contributed by atoms with E-state index in [1.54, 1.807) is 0 Å². The molecule has 0 aromatic carbocycles. The van der Waals surface area contributed by atoms with Crippen molar-refractivity contribution in [1.82, 2.24) is 19.2 Å². The molecule has 2 amide bonds. The molecule has 1 saturated carbocycles. The van der Waals surface area contributed by atoms with Gasteiger partial charge in [0.05, 0.1) is 11.7 Å². The maximum atomic E-state index is 13.5. The molecule has 2 aromatic heterocycles. The summed E-state index contributed by atoms with van der Waals surface area (Å²) in [5, 5.41) is 0. The Labute approximate surface area is 166 Å². The topological polar surface area (TPSA) is 57.9 Å². The lowest BCUT2D eigenvalue weighted by Crippen LogP contribution is -2.48. The summed E-state index contributed by atoms with van der Waals surface area (Å²) in [7, 11) is 0. The van der Waals surface area contributed by atoms with Crippen LogP contribution in [0.4, 0.5) is 0 Å². The van der Waals surface area contributed by atoms with E-state index in [-0.39, 0.29) is 17.9 Å². The molecular weight excluding hydrogens is 352 g/mol. The Balaban J connectivity index is 1.65. The highest BCUT2D eigenvalue weighted by atomic mass is 16.2. The summed E-state index contributed by atoms with van der Waals surface area (Å²) in [6, 6.07) is 4.02. The van der Waals surface area contributed by atoms with Gasteiger partial charge in [0, 0.05) is 32.3 Å². The van der Waals surface area contributed by atoms with Crippen LogP contribution in [-0.4, -0.2) is 56.7 Å². The summed E-state index contributed by atoms with van der Waals surface area (Å²) < 4.78 is 1.89. The maximum absolute atomic E-state index is 13.5. The smallest absolute Gasteiger partial charge is 0.272 e. The molecule has 0 radical (unpaired) electrons. The van der Waals surface area contributed by atoms with Gasteiger partial charge in [-0.2, -0.15) is 0 Å². The molecule has 6 nitrogen and oxygen atoms in total. The van der Waals surface area contributed by atoms with E-state index in [0.29, 0.717) is 37.0 Å². The quantitative estimate of drug-likeness (QED) is 0.817. The van der Waals surface area contributed by atoms with E-state index in [0.717, 1.165) is 23.4 Å². The Morgan fingerprint density at radius 1 is 1.25 bits per heavy atom. The van der Waals surface area contributed by atoms with E-state index in [4.69, 9.17) is 0 Å². The average Bonchev–Trinajstić information content (AvgIpc) is 3.42. The van der Waals surface area contributed by atoms with E-state index in [2.05, 4.69) is 23.7 Å². The molecule has 4 rings (SSSR count). The molecule has 2 aliphatic rings. The lowest BCUT2D eigenvalue weighted by Gasteiger charge is -2.34. The number of nitrogens with zero attached hydrogens (tertiary/aromatic N) is 4. The van der Waals surface area contributed by atoms with E-state index in [9.17, 15) is 9.59 Å². The summed E-state index contributed by atoms with van der Waals surface area (Å²) >= 11 is 0. The Kier molecular flexibility index (Phi) is 4.89. The minimum Gasteiger partial charge on any atom is -0.337 e. The normalized spacial score (nSPS) is 20.9. The zero-order chi connectivity index (χ0) is 20.0. The molecule has 0 unspecified atom stereocenters. The van der Waals surface area contributed by atoms with Crippen LogP contribution in [0.5, 0.6) is 0 Å². The third-order valence-corrected chi connectivity index (χ3v) is 6.08. The van der Waals surface area contributed by atoms with Gasteiger partial charge in [0.2, 0.25) is 5.91 Å². The minimum absolute atomic E-state index is 0.0256. The van der Waals surface area contributed by atoms with Crippen LogP contribution in [0, 0.1) is 25.7 Å². The SMILES string of the molecule is Cc1ccc2nc(C)c(C(=O)N3CCC(=O)N(CC4CC4)[C@@H](C(C)C)C3)n2c1. The molecule has 0 spiro atoms. The number of fused-ring (bicyclic) bond motifs is 1. The van der Waals surface area contributed by atoms with Crippen LogP contribution >= 0.6 is 0 Å². The minimum atomic E-state index is -0.0256. The number of hydrogen-bond acceptors (Lipinski definition) is 3. The molecule has 0 bridgehead atoms. The first-order valence-corrected chi connectivity index (χ1v) is 10.4. The Morgan fingerprint density at radius 3 is 2.68 bits per heavy atom. The van der Waals surface area contributed by atoms with Gasteiger partial charge in [0.25, 0.3) is 5.91 Å². The van der Waals surface area contributed by atoms with Crippen LogP contribution in [0.2, 0.25) is 0 Å². The number of rotatable bonds is 4. The van der Waals surface area contributed by atoms with Crippen molar-refractivity contribution in [2.45, 2.75) is 53.0 Å². The van der Waals surface area contributed by atoms with E-state index in [1.165, 1.54) is 12.8 Å². The number of imidazole rings is 1. The molecule has 1 aliphatic heterocycles. The maximum Gasteiger partial charge on any atom is 0.272 e. The van der Waals surface area contributed by atoms with Crippen LogP contribution in [-0.2, 0) is 4.79 Å². The highest BCUT2D eigenvalue weighted by Gasteiger charge is 2.37. The van der Waals surface area contributed by atoms with Gasteiger partial charge >= 0.3 is 0 Å². The highest BCUT2D eigenvalue weighted by molar-refractivity contribution is 5.95. The average molecular weight is 383 g/mol. The van der Waals surface area contributed by atoms with Crippen LogP contribution in [0.1, 0.15) is 54.9 Å². The molecule has 1 saturated heterocycles. The molecule has 150 valence electrons. The Morgan fingerprint density at radius 2 is 2.00 bits per heavy atom. The second-order valence-corrected chi connectivity index (χ2v) is 8.78. The number of carbonyl (C=O) groups is 2. The summed E-state index contributed by atoms with van der Waals surface area (Å²) in [5.74, 6) is 1.12. The second-order valence-electron chi connectivity index (χ2n) is 8.78. The summed E-state index contributed by atoms with van der Waals surface area (Å²) in [6.45, 7) is 10.1. The molecule has 6 heteroatoms. The first-order chi connectivity index (χ1) is 13.3. The fourth-order valence-electron chi connectivity index (χ4n) is 4.22. The molecular formula is C22H30N4O2. The van der Waals surface area contributed by atoms with Gasteiger partial charge in [-0.15, -0.1) is 0 Å². The van der Waals surface area contributed by atoms with Crippen molar-refractivity contribution >= 4 is 17.5 Å². The van der Waals surface area contributed by atoms with Crippen molar-refractivity contribution in [2.75, 3.05) is 19.6 Å². The summed E-state index contributed by atoms with van der Waals surface area (Å²) in [5.41, 5.74) is 3.22. The highest BCUT2D eigenvalue weighted by Crippen LogP contribution is 2.32. The van der Waals surface area contributed by atoms with Crippen molar-refractivity contribution < 1.29 is 9.59 Å². The lowest BCUT2D eigenvalue weighted by atomic mass is 10.0. The second kappa shape index (κ2) is 7.22. The van der Waals surface area contributed by atoms with Gasteiger partial charge in [-0.1, -0.05) is 19.9 Å². The summed E-state index contributed by atoms with van der Waals surface area (Å²) in [4.78, 5) is 34.8. The van der Waals surface area contributed by atoms with Gasteiger partial charge < -0.3 is 9.80 Å². The van der Waals surface area contributed by atoms with Crippen molar-refractivity contribution in [2.24, 2.45) is 11.8 Å². The number of pyridine rings is 1. The number of carbonyl (C=O) groups excluding carboxylic acids is 2. The van der Waals surface area contributed by atoms with Crippen molar-refractivity contribution in [3.63, 3.8) is 0 Å². The summed E-state index contributed by atoms with van der Waals surface area (Å²) in [6.07, 6.45) is 4.80. The van der Waals surface area contributed by atoms with Crippen molar-refractivity contribution in [3.05, 3.63) is 35.3 Å². The van der Waals surface area contributed by atoms with Crippen molar-refractivity contribution in [3.8, 4) is 0 Å². The first-order valence-electron chi connectivity index (χ1n) is 10.4. The zero-order valence-electron chi connectivity index (χ0n) is 17.3. The Bertz CT molecular complexity index is 913. The largest absolute Gasteiger partial charge is 0.337 e. The van der Waals surface area contributed by atoms with E-state index < -0.39 is 0 Å². The standard InChI is InChI=1S/C22H30N4O2/c1-14(2)18-13-24(10-9-20(27)25(18)12-17-6-7-17)22(28)21-16(4)23-19-8-5-15(3)11-26(19)21/h5,8,11,14,17-18H,6-7,9-10,12-13H2,1-4H3/t18-/m1/s1. The molecule has 3 heterocycles. The molecule has 2 fully saturated rings. The van der Waals surface area contributed by atoms with Crippen LogP contribution in [0.15, 0.2) is 18.3 Å². The molecule has 1 aliphatic carbocycles. The van der Waals surface area contributed by atoms with Crippen LogP contribution in [0.25, 0.3) is 5.65 Å². The molecule has 28 heavy (non-hydrogen) atoms.